The monoisotopic (exact) mass is 469 g/mol. The van der Waals surface area contributed by atoms with Crippen molar-refractivity contribution in [2.75, 3.05) is 66.1 Å². The second-order valence-corrected chi connectivity index (χ2v) is 6.10. The van der Waals surface area contributed by atoms with Gasteiger partial charge in [0.15, 0.2) is 5.96 Å². The van der Waals surface area contributed by atoms with Crippen LogP contribution in [0.25, 0.3) is 0 Å². The molecule has 148 valence electrons. The molecule has 0 aromatic heterocycles. The van der Waals surface area contributed by atoms with Crippen LogP contribution in [0.3, 0.4) is 0 Å². The molecule has 1 saturated heterocycles. The number of amides is 1. The minimum absolute atomic E-state index is 0. The van der Waals surface area contributed by atoms with Crippen LogP contribution in [-0.4, -0.2) is 87.7 Å². The van der Waals surface area contributed by atoms with E-state index in [1.165, 1.54) is 6.42 Å². The van der Waals surface area contributed by atoms with Crippen molar-refractivity contribution in [1.82, 2.24) is 20.4 Å². The maximum atomic E-state index is 11.8. The molecule has 0 aliphatic carbocycles. The van der Waals surface area contributed by atoms with Gasteiger partial charge in [0.25, 0.3) is 0 Å². The third-order valence-corrected chi connectivity index (χ3v) is 4.33. The Kier molecular flexibility index (Phi) is 14.2. The van der Waals surface area contributed by atoms with Crippen molar-refractivity contribution in [3.8, 4) is 0 Å². The average Bonchev–Trinajstić information content (AvgIpc) is 3.05. The second-order valence-electron chi connectivity index (χ2n) is 6.10. The lowest BCUT2D eigenvalue weighted by molar-refractivity contribution is -0.119. The molecule has 1 rings (SSSR count). The number of hydrogen-bond acceptors (Lipinski definition) is 4. The van der Waals surface area contributed by atoms with Gasteiger partial charge in [0.1, 0.15) is 6.54 Å². The molecule has 8 heteroatoms. The summed E-state index contributed by atoms with van der Waals surface area (Å²) in [5.74, 6) is 1.45. The number of nitrogens with zero attached hydrogens (tertiary/aromatic N) is 3. The highest BCUT2D eigenvalue weighted by Gasteiger charge is 2.26. The Bertz CT molecular complexity index is 391. The molecule has 0 aromatic rings. The summed E-state index contributed by atoms with van der Waals surface area (Å²) < 4.78 is 4.92. The van der Waals surface area contributed by atoms with Gasteiger partial charge >= 0.3 is 0 Å². The largest absolute Gasteiger partial charge is 0.383 e. The van der Waals surface area contributed by atoms with Crippen LogP contribution in [0.15, 0.2) is 4.99 Å². The van der Waals surface area contributed by atoms with E-state index in [4.69, 9.17) is 4.74 Å². The van der Waals surface area contributed by atoms with Crippen molar-refractivity contribution in [3.05, 3.63) is 0 Å². The molecule has 2 N–H and O–H groups in total. The Morgan fingerprint density at radius 1 is 1.28 bits per heavy atom. The third kappa shape index (κ3) is 9.60. The van der Waals surface area contributed by atoms with Crippen LogP contribution >= 0.6 is 24.0 Å². The molecular weight excluding hydrogens is 433 g/mol. The number of nitrogens with one attached hydrogen (secondary N) is 2. The molecule has 0 saturated carbocycles. The minimum atomic E-state index is -0.0682. The summed E-state index contributed by atoms with van der Waals surface area (Å²) in [6.45, 7) is 13.8. The Morgan fingerprint density at radius 3 is 2.60 bits per heavy atom. The third-order valence-electron chi connectivity index (χ3n) is 4.33. The molecule has 25 heavy (non-hydrogen) atoms. The standard InChI is InChI=1S/C17H35N5O2.HI/c1-5-18-17(20-12-16(23)19-9-11-24-4)22-10-8-15(14-22)13-21(6-2)7-3;/h15H,5-14H2,1-4H3,(H,18,20)(H,19,23);1H. The molecule has 1 atom stereocenters. The van der Waals surface area contributed by atoms with E-state index in [-0.39, 0.29) is 36.4 Å². The average molecular weight is 469 g/mol. The fourth-order valence-electron chi connectivity index (χ4n) is 2.94. The molecule has 1 heterocycles. The Morgan fingerprint density at radius 2 is 2.00 bits per heavy atom. The van der Waals surface area contributed by atoms with E-state index in [0.717, 1.165) is 45.2 Å². The number of carbonyl (C=O) groups excluding carboxylic acids is 1. The van der Waals surface area contributed by atoms with E-state index in [9.17, 15) is 4.79 Å². The molecule has 0 radical (unpaired) electrons. The highest BCUT2D eigenvalue weighted by molar-refractivity contribution is 14.0. The molecule has 1 amide bonds. The van der Waals surface area contributed by atoms with Gasteiger partial charge in [-0.2, -0.15) is 0 Å². The quantitative estimate of drug-likeness (QED) is 0.216. The van der Waals surface area contributed by atoms with E-state index in [2.05, 4.69) is 46.2 Å². The predicted molar refractivity (Wildman–Crippen MR) is 114 cm³/mol. The molecule has 0 bridgehead atoms. The minimum Gasteiger partial charge on any atom is -0.383 e. The summed E-state index contributed by atoms with van der Waals surface area (Å²) >= 11 is 0. The van der Waals surface area contributed by atoms with Gasteiger partial charge in [0, 0.05) is 39.8 Å². The number of hydrogen-bond donors (Lipinski definition) is 2. The number of likely N-dealkylation sites (tertiary alicyclic amines) is 1. The maximum Gasteiger partial charge on any atom is 0.241 e. The van der Waals surface area contributed by atoms with Crippen molar-refractivity contribution >= 4 is 35.8 Å². The van der Waals surface area contributed by atoms with Crippen LogP contribution in [-0.2, 0) is 9.53 Å². The van der Waals surface area contributed by atoms with Gasteiger partial charge in [0.2, 0.25) is 5.91 Å². The molecule has 1 unspecified atom stereocenters. The Labute approximate surface area is 170 Å². The highest BCUT2D eigenvalue weighted by atomic mass is 127. The first-order valence-corrected chi connectivity index (χ1v) is 9.15. The Hall–Kier alpha value is -0.610. The number of guanidine groups is 1. The van der Waals surface area contributed by atoms with Gasteiger partial charge in [-0.15, -0.1) is 24.0 Å². The highest BCUT2D eigenvalue weighted by Crippen LogP contribution is 2.17. The number of ether oxygens (including phenoxy) is 1. The summed E-state index contributed by atoms with van der Waals surface area (Å²) in [6, 6.07) is 0. The van der Waals surface area contributed by atoms with E-state index in [1.54, 1.807) is 7.11 Å². The first-order valence-electron chi connectivity index (χ1n) is 9.15. The van der Waals surface area contributed by atoms with Gasteiger partial charge in [-0.3, -0.25) is 4.79 Å². The lowest BCUT2D eigenvalue weighted by atomic mass is 10.1. The molecule has 1 aliphatic heterocycles. The molecule has 0 spiro atoms. The number of halogens is 1. The van der Waals surface area contributed by atoms with Crippen LogP contribution in [0.5, 0.6) is 0 Å². The fourth-order valence-corrected chi connectivity index (χ4v) is 2.94. The molecule has 7 nitrogen and oxygen atoms in total. The lowest BCUT2D eigenvalue weighted by Crippen LogP contribution is -2.41. The van der Waals surface area contributed by atoms with Crippen molar-refractivity contribution in [2.24, 2.45) is 10.9 Å². The maximum absolute atomic E-state index is 11.8. The van der Waals surface area contributed by atoms with E-state index >= 15 is 0 Å². The Balaban J connectivity index is 0.00000576. The van der Waals surface area contributed by atoms with Gasteiger partial charge in [-0.05, 0) is 32.4 Å². The van der Waals surface area contributed by atoms with Gasteiger partial charge in [0.05, 0.1) is 6.61 Å². The van der Waals surface area contributed by atoms with Crippen LogP contribution in [0.1, 0.15) is 27.2 Å². The smallest absolute Gasteiger partial charge is 0.241 e. The molecule has 1 aliphatic rings. The van der Waals surface area contributed by atoms with Gasteiger partial charge in [-0.1, -0.05) is 13.8 Å². The normalized spacial score (nSPS) is 17.6. The number of methoxy groups -OCH3 is 1. The first-order chi connectivity index (χ1) is 11.6. The van der Waals surface area contributed by atoms with E-state index < -0.39 is 0 Å². The zero-order chi connectivity index (χ0) is 17.8. The second kappa shape index (κ2) is 14.5. The topological polar surface area (TPSA) is 69.2 Å². The van der Waals surface area contributed by atoms with Crippen LogP contribution in [0, 0.1) is 5.92 Å². The molecular formula is C17H36IN5O2. The molecule has 1 fully saturated rings. The predicted octanol–water partition coefficient (Wildman–Crippen LogP) is 0.996. The van der Waals surface area contributed by atoms with E-state index in [1.807, 2.05) is 0 Å². The van der Waals surface area contributed by atoms with Gasteiger partial charge < -0.3 is 25.2 Å². The SMILES string of the molecule is CCNC(=NCC(=O)NCCOC)N1CCC(CN(CC)CC)C1.I. The van der Waals surface area contributed by atoms with E-state index in [0.29, 0.717) is 19.1 Å². The summed E-state index contributed by atoms with van der Waals surface area (Å²) in [5.41, 5.74) is 0. The van der Waals surface area contributed by atoms with Crippen molar-refractivity contribution in [1.29, 1.82) is 0 Å². The number of aliphatic imine (C=N–C) groups is 1. The summed E-state index contributed by atoms with van der Waals surface area (Å²) in [6.07, 6.45) is 1.18. The molecule has 0 aromatic carbocycles. The fraction of sp³-hybridized carbons (Fsp3) is 0.882. The zero-order valence-electron chi connectivity index (χ0n) is 16.2. The van der Waals surface area contributed by atoms with Crippen LogP contribution in [0.4, 0.5) is 0 Å². The number of carbonyl (C=O) groups is 1. The summed E-state index contributed by atoms with van der Waals surface area (Å²) in [4.78, 5) is 21.0. The zero-order valence-corrected chi connectivity index (χ0v) is 18.5. The van der Waals surface area contributed by atoms with Crippen molar-refractivity contribution < 1.29 is 9.53 Å². The summed E-state index contributed by atoms with van der Waals surface area (Å²) in [7, 11) is 1.62. The van der Waals surface area contributed by atoms with Crippen LogP contribution < -0.4 is 10.6 Å². The number of rotatable bonds is 10. The lowest BCUT2D eigenvalue weighted by Gasteiger charge is -2.24. The van der Waals surface area contributed by atoms with Crippen molar-refractivity contribution in [2.45, 2.75) is 27.2 Å². The van der Waals surface area contributed by atoms with Gasteiger partial charge in [-0.25, -0.2) is 4.99 Å². The van der Waals surface area contributed by atoms with Crippen LogP contribution in [0.2, 0.25) is 0 Å². The first kappa shape index (κ1) is 24.4. The summed E-state index contributed by atoms with van der Waals surface area (Å²) in [5, 5.41) is 6.10. The van der Waals surface area contributed by atoms with Crippen molar-refractivity contribution in [3.63, 3.8) is 0 Å².